The van der Waals surface area contributed by atoms with Gasteiger partial charge in [-0.3, -0.25) is 4.79 Å². The minimum absolute atomic E-state index is 0.0876. The molecule has 0 saturated carbocycles. The number of sulfonamides is 1. The first-order valence-corrected chi connectivity index (χ1v) is 16.1. The Morgan fingerprint density at radius 1 is 0.864 bits per heavy atom. The van der Waals surface area contributed by atoms with Crippen LogP contribution < -0.4 is 10.6 Å². The SMILES string of the molecule is COC(=O)N[C@H](C(=O)NCCCC[C@@H](CO)N(C(C)C)S(=O)(=O)c1ccc(CO)cc1)C(c1ccccc1)c1ccccc1. The molecule has 0 radical (unpaired) electrons. The van der Waals surface area contributed by atoms with Crippen molar-refractivity contribution in [2.45, 2.75) is 68.7 Å². The van der Waals surface area contributed by atoms with Crippen LogP contribution in [0.3, 0.4) is 0 Å². The molecule has 0 saturated heterocycles. The average Bonchev–Trinajstić information content (AvgIpc) is 3.04. The fraction of sp³-hybridized carbons (Fsp3) is 0.394. The predicted molar refractivity (Wildman–Crippen MR) is 168 cm³/mol. The van der Waals surface area contributed by atoms with E-state index in [1.807, 2.05) is 60.7 Å². The van der Waals surface area contributed by atoms with Crippen molar-refractivity contribution in [1.82, 2.24) is 14.9 Å². The summed E-state index contributed by atoms with van der Waals surface area (Å²) < 4.78 is 33.1. The maximum absolute atomic E-state index is 13.5. The molecule has 0 unspecified atom stereocenters. The fourth-order valence-corrected chi connectivity index (χ4v) is 7.14. The highest BCUT2D eigenvalue weighted by atomic mass is 32.2. The number of ether oxygens (including phenoxy) is 1. The molecule has 2 atom stereocenters. The topological polar surface area (TPSA) is 145 Å². The number of unbranched alkanes of at least 4 members (excludes halogenated alkanes) is 1. The normalized spacial score (nSPS) is 13.1. The Balaban J connectivity index is 1.69. The van der Waals surface area contributed by atoms with Crippen LogP contribution in [0.2, 0.25) is 0 Å². The van der Waals surface area contributed by atoms with E-state index in [1.165, 1.54) is 23.5 Å². The number of nitrogens with zero attached hydrogens (tertiary/aromatic N) is 1. The molecule has 44 heavy (non-hydrogen) atoms. The van der Waals surface area contributed by atoms with Crippen molar-refractivity contribution in [3.05, 3.63) is 102 Å². The Kier molecular flexibility index (Phi) is 13.3. The third-order valence-corrected chi connectivity index (χ3v) is 9.56. The number of hydrogen-bond acceptors (Lipinski definition) is 7. The first-order valence-electron chi connectivity index (χ1n) is 14.7. The number of rotatable bonds is 16. The predicted octanol–water partition coefficient (Wildman–Crippen LogP) is 3.78. The number of amides is 2. The van der Waals surface area contributed by atoms with Crippen molar-refractivity contribution in [3.8, 4) is 0 Å². The fourth-order valence-electron chi connectivity index (χ4n) is 5.29. The van der Waals surface area contributed by atoms with Gasteiger partial charge in [-0.05, 0) is 55.5 Å². The third-order valence-electron chi connectivity index (χ3n) is 7.42. The lowest BCUT2D eigenvalue weighted by Crippen LogP contribution is -2.50. The first-order chi connectivity index (χ1) is 21.1. The second-order valence-corrected chi connectivity index (χ2v) is 12.6. The van der Waals surface area contributed by atoms with Crippen molar-refractivity contribution in [3.63, 3.8) is 0 Å². The minimum Gasteiger partial charge on any atom is -0.453 e. The van der Waals surface area contributed by atoms with E-state index in [0.717, 1.165) is 11.1 Å². The highest BCUT2D eigenvalue weighted by Crippen LogP contribution is 2.29. The van der Waals surface area contributed by atoms with Gasteiger partial charge in [-0.1, -0.05) is 79.2 Å². The monoisotopic (exact) mass is 625 g/mol. The Hall–Kier alpha value is -3.77. The Labute approximate surface area is 260 Å². The lowest BCUT2D eigenvalue weighted by atomic mass is 9.84. The van der Waals surface area contributed by atoms with E-state index in [2.05, 4.69) is 10.6 Å². The molecule has 3 aromatic rings. The van der Waals surface area contributed by atoms with Gasteiger partial charge in [0, 0.05) is 24.5 Å². The Morgan fingerprint density at radius 2 is 1.43 bits per heavy atom. The molecular weight excluding hydrogens is 582 g/mol. The van der Waals surface area contributed by atoms with Gasteiger partial charge < -0.3 is 25.6 Å². The molecule has 0 aromatic heterocycles. The van der Waals surface area contributed by atoms with Crippen molar-refractivity contribution in [2.24, 2.45) is 0 Å². The van der Waals surface area contributed by atoms with E-state index in [9.17, 15) is 28.2 Å². The molecule has 0 aliphatic carbocycles. The molecule has 4 N–H and O–H groups in total. The van der Waals surface area contributed by atoms with Crippen LogP contribution in [0, 0.1) is 0 Å². The largest absolute Gasteiger partial charge is 0.453 e. The van der Waals surface area contributed by atoms with Gasteiger partial charge in [0.15, 0.2) is 0 Å². The van der Waals surface area contributed by atoms with Crippen molar-refractivity contribution >= 4 is 22.0 Å². The highest BCUT2D eigenvalue weighted by molar-refractivity contribution is 7.89. The molecule has 0 fully saturated rings. The Morgan fingerprint density at radius 3 is 1.91 bits per heavy atom. The van der Waals surface area contributed by atoms with E-state index >= 15 is 0 Å². The zero-order chi connectivity index (χ0) is 32.1. The lowest BCUT2D eigenvalue weighted by Gasteiger charge is -2.33. The zero-order valence-electron chi connectivity index (χ0n) is 25.4. The molecule has 3 rings (SSSR count). The van der Waals surface area contributed by atoms with Gasteiger partial charge in [0.2, 0.25) is 15.9 Å². The summed E-state index contributed by atoms with van der Waals surface area (Å²) >= 11 is 0. The van der Waals surface area contributed by atoms with Crippen LogP contribution in [0.15, 0.2) is 89.8 Å². The number of methoxy groups -OCH3 is 1. The van der Waals surface area contributed by atoms with Gasteiger partial charge in [0.1, 0.15) is 6.04 Å². The summed E-state index contributed by atoms with van der Waals surface area (Å²) in [5, 5.41) is 25.1. The van der Waals surface area contributed by atoms with E-state index in [1.54, 1.807) is 26.0 Å². The molecule has 0 heterocycles. The van der Waals surface area contributed by atoms with E-state index < -0.39 is 40.2 Å². The molecule has 238 valence electrons. The van der Waals surface area contributed by atoms with Gasteiger partial charge in [-0.15, -0.1) is 0 Å². The first kappa shape index (κ1) is 34.7. The highest BCUT2D eigenvalue weighted by Gasteiger charge is 2.34. The summed E-state index contributed by atoms with van der Waals surface area (Å²) in [6.45, 7) is 3.24. The number of aliphatic hydroxyl groups excluding tert-OH is 2. The molecular formula is C33H43N3O7S. The smallest absolute Gasteiger partial charge is 0.407 e. The number of alkyl carbamates (subject to hydrolysis) is 1. The molecule has 2 amide bonds. The van der Waals surface area contributed by atoms with E-state index in [0.29, 0.717) is 24.8 Å². The quantitative estimate of drug-likeness (QED) is 0.177. The summed E-state index contributed by atoms with van der Waals surface area (Å²) in [6.07, 6.45) is 0.697. The number of hydrogen-bond donors (Lipinski definition) is 4. The third kappa shape index (κ3) is 9.12. The van der Waals surface area contributed by atoms with E-state index in [4.69, 9.17) is 4.74 Å². The second-order valence-electron chi connectivity index (χ2n) is 10.8. The summed E-state index contributed by atoms with van der Waals surface area (Å²) in [4.78, 5) is 25.9. The molecule has 10 nitrogen and oxygen atoms in total. The van der Waals surface area contributed by atoms with Crippen LogP contribution in [0.4, 0.5) is 4.79 Å². The van der Waals surface area contributed by atoms with Crippen LogP contribution >= 0.6 is 0 Å². The summed E-state index contributed by atoms with van der Waals surface area (Å²) in [5.74, 6) is -0.865. The number of aliphatic hydroxyl groups is 2. The zero-order valence-corrected chi connectivity index (χ0v) is 26.2. The molecule has 0 bridgehead atoms. The van der Waals surface area contributed by atoms with Crippen molar-refractivity contribution < 1.29 is 33.0 Å². The van der Waals surface area contributed by atoms with E-state index in [-0.39, 0.29) is 30.6 Å². The number of carbonyl (C=O) groups is 2. The van der Waals surface area contributed by atoms with Gasteiger partial charge in [-0.2, -0.15) is 4.31 Å². The number of benzene rings is 3. The van der Waals surface area contributed by atoms with Crippen LogP contribution in [-0.4, -0.2) is 73.3 Å². The summed E-state index contributed by atoms with van der Waals surface area (Å²) in [6, 6.07) is 22.9. The van der Waals surface area contributed by atoms with Crippen LogP contribution in [0.25, 0.3) is 0 Å². The molecule has 0 spiro atoms. The summed E-state index contributed by atoms with van der Waals surface area (Å²) in [7, 11) is -2.67. The van der Waals surface area contributed by atoms with Gasteiger partial charge in [0.25, 0.3) is 0 Å². The van der Waals surface area contributed by atoms with Crippen LogP contribution in [0.1, 0.15) is 55.7 Å². The van der Waals surface area contributed by atoms with Crippen LogP contribution in [0.5, 0.6) is 0 Å². The van der Waals surface area contributed by atoms with Gasteiger partial charge in [0.05, 0.1) is 25.2 Å². The maximum atomic E-state index is 13.5. The average molecular weight is 626 g/mol. The lowest BCUT2D eigenvalue weighted by molar-refractivity contribution is -0.123. The minimum atomic E-state index is -3.91. The second kappa shape index (κ2) is 16.9. The Bertz CT molecular complexity index is 1380. The summed E-state index contributed by atoms with van der Waals surface area (Å²) in [5.41, 5.74) is 2.30. The number of nitrogens with one attached hydrogen (secondary N) is 2. The van der Waals surface area contributed by atoms with Gasteiger partial charge >= 0.3 is 6.09 Å². The maximum Gasteiger partial charge on any atom is 0.407 e. The molecule has 3 aromatic carbocycles. The van der Waals surface area contributed by atoms with Gasteiger partial charge in [-0.25, -0.2) is 13.2 Å². The standard InChI is InChI=1S/C33H43N3O7S/c1-24(2)36(44(41,42)29-19-17-25(22-37)18-20-29)28(23-38)16-10-11-21-34-32(39)31(35-33(40)43-3)30(26-12-6-4-7-13-26)27-14-8-5-9-15-27/h4-9,12-15,17-20,24,28,30-31,37-38H,10-11,16,21-23H2,1-3H3,(H,34,39)(H,35,40)/t28-,31-/m0/s1. The van der Waals surface area contributed by atoms with Crippen molar-refractivity contribution in [1.29, 1.82) is 0 Å². The molecule has 0 aliphatic rings. The molecule has 11 heteroatoms. The molecule has 0 aliphatic heterocycles. The van der Waals surface area contributed by atoms with Crippen LogP contribution in [-0.2, 0) is 26.2 Å². The van der Waals surface area contributed by atoms with Crippen molar-refractivity contribution in [2.75, 3.05) is 20.3 Å². The number of carbonyl (C=O) groups excluding carboxylic acids is 2.